The van der Waals surface area contributed by atoms with E-state index in [1.807, 2.05) is 13.2 Å². The Morgan fingerprint density at radius 3 is 2.83 bits per heavy atom. The highest BCUT2D eigenvalue weighted by molar-refractivity contribution is 5.91. The fourth-order valence-corrected chi connectivity index (χ4v) is 4.25. The van der Waals surface area contributed by atoms with E-state index in [0.29, 0.717) is 25.4 Å². The maximum atomic E-state index is 12.6. The van der Waals surface area contributed by atoms with Gasteiger partial charge < -0.3 is 15.3 Å². The van der Waals surface area contributed by atoms with Crippen molar-refractivity contribution >= 4 is 17.7 Å². The van der Waals surface area contributed by atoms with Crippen molar-refractivity contribution in [2.75, 3.05) is 18.4 Å². The molecule has 2 atom stereocenters. The molecular weight excluding hydrogens is 296 g/mol. The molecular formula is C16H22N4O3. The van der Waals surface area contributed by atoms with Gasteiger partial charge in [-0.15, -0.1) is 0 Å². The van der Waals surface area contributed by atoms with Crippen LogP contribution in [-0.4, -0.2) is 44.9 Å². The number of carboxylic acids is 1. The second-order valence-corrected chi connectivity index (χ2v) is 7.24. The first kappa shape index (κ1) is 14.5. The van der Waals surface area contributed by atoms with Crippen molar-refractivity contribution in [2.45, 2.75) is 38.0 Å². The van der Waals surface area contributed by atoms with E-state index in [9.17, 15) is 14.7 Å². The Morgan fingerprint density at radius 1 is 1.39 bits per heavy atom. The molecule has 3 fully saturated rings. The molecule has 0 bridgehead atoms. The van der Waals surface area contributed by atoms with Crippen molar-refractivity contribution in [3.05, 3.63) is 11.9 Å². The van der Waals surface area contributed by atoms with Gasteiger partial charge in [-0.2, -0.15) is 5.10 Å². The lowest BCUT2D eigenvalue weighted by atomic mass is 9.81. The molecule has 0 spiro atoms. The number of nitrogens with zero attached hydrogens (tertiary/aromatic N) is 3. The fourth-order valence-electron chi connectivity index (χ4n) is 4.25. The Bertz CT molecular complexity index is 666. The minimum atomic E-state index is -0.754. The number of likely N-dealkylation sites (tertiary alicyclic amines) is 1. The zero-order valence-electron chi connectivity index (χ0n) is 13.3. The van der Waals surface area contributed by atoms with E-state index in [-0.39, 0.29) is 11.9 Å². The van der Waals surface area contributed by atoms with Gasteiger partial charge in [0.25, 0.3) is 0 Å². The van der Waals surface area contributed by atoms with E-state index in [1.165, 1.54) is 0 Å². The van der Waals surface area contributed by atoms with Gasteiger partial charge in [0.05, 0.1) is 16.8 Å². The maximum absolute atomic E-state index is 12.6. The molecule has 7 heteroatoms. The zero-order chi connectivity index (χ0) is 16.2. The molecule has 2 heterocycles. The molecule has 2 N–H and O–H groups in total. The summed E-state index contributed by atoms with van der Waals surface area (Å²) in [5.74, 6) is -0.215. The third-order valence-corrected chi connectivity index (χ3v) is 5.65. The van der Waals surface area contributed by atoms with Crippen LogP contribution in [0.2, 0.25) is 0 Å². The Morgan fingerprint density at radius 2 is 2.17 bits per heavy atom. The number of urea groups is 1. The molecule has 0 radical (unpaired) electrons. The second-order valence-electron chi connectivity index (χ2n) is 7.24. The lowest BCUT2D eigenvalue weighted by molar-refractivity contribution is -0.149. The molecule has 124 valence electrons. The van der Waals surface area contributed by atoms with Crippen LogP contribution in [0.3, 0.4) is 0 Å². The first-order chi connectivity index (χ1) is 11.0. The molecule has 3 aliphatic rings. The molecule has 23 heavy (non-hydrogen) atoms. The molecule has 1 aromatic heterocycles. The van der Waals surface area contributed by atoms with Crippen molar-refractivity contribution in [1.29, 1.82) is 0 Å². The standard InChI is InChI=1S/C16H22N4O3/c1-19-8-12(13(18-19)10-4-5-10)17-15(23)20-7-11-3-2-6-16(11,9-20)14(21)22/h8,10-11H,2-7,9H2,1H3,(H,17,23)(H,21,22)/t11-,16+/m0/s1. The summed E-state index contributed by atoms with van der Waals surface area (Å²) in [5.41, 5.74) is 0.987. The topological polar surface area (TPSA) is 87.5 Å². The number of hydrogen-bond donors (Lipinski definition) is 2. The fraction of sp³-hybridized carbons (Fsp3) is 0.688. The van der Waals surface area contributed by atoms with Crippen LogP contribution in [0.15, 0.2) is 6.20 Å². The third kappa shape index (κ3) is 2.29. The quantitative estimate of drug-likeness (QED) is 0.892. The third-order valence-electron chi connectivity index (χ3n) is 5.65. The van der Waals surface area contributed by atoms with Crippen LogP contribution in [0.5, 0.6) is 0 Å². The van der Waals surface area contributed by atoms with E-state index in [4.69, 9.17) is 0 Å². The molecule has 2 amide bonds. The average molecular weight is 318 g/mol. The Balaban J connectivity index is 1.49. The summed E-state index contributed by atoms with van der Waals surface area (Å²) in [5, 5.41) is 17.0. The van der Waals surface area contributed by atoms with E-state index in [2.05, 4.69) is 10.4 Å². The predicted molar refractivity (Wildman–Crippen MR) is 83.2 cm³/mol. The molecule has 0 aromatic carbocycles. The number of aliphatic carboxylic acids is 1. The van der Waals surface area contributed by atoms with Gasteiger partial charge in [-0.25, -0.2) is 4.79 Å². The summed E-state index contributed by atoms with van der Waals surface area (Å²) in [7, 11) is 1.85. The molecule has 1 saturated heterocycles. The maximum Gasteiger partial charge on any atom is 0.321 e. The Hall–Kier alpha value is -2.05. The molecule has 1 aliphatic heterocycles. The van der Waals surface area contributed by atoms with Crippen LogP contribution in [0.25, 0.3) is 0 Å². The van der Waals surface area contributed by atoms with E-state index in [0.717, 1.165) is 37.1 Å². The van der Waals surface area contributed by atoms with E-state index < -0.39 is 11.4 Å². The van der Waals surface area contributed by atoms with E-state index in [1.54, 1.807) is 9.58 Å². The van der Waals surface area contributed by atoms with Crippen LogP contribution in [0, 0.1) is 11.3 Å². The largest absolute Gasteiger partial charge is 0.481 e. The van der Waals surface area contributed by atoms with Crippen LogP contribution in [0.4, 0.5) is 10.5 Å². The van der Waals surface area contributed by atoms with Crippen molar-refractivity contribution in [3.63, 3.8) is 0 Å². The summed E-state index contributed by atoms with van der Waals surface area (Å²) in [6.07, 6.45) is 6.59. The smallest absolute Gasteiger partial charge is 0.321 e. The lowest BCUT2D eigenvalue weighted by Gasteiger charge is -2.23. The number of anilines is 1. The summed E-state index contributed by atoms with van der Waals surface area (Å²) < 4.78 is 1.72. The number of hydrogen-bond acceptors (Lipinski definition) is 3. The molecule has 1 aromatic rings. The average Bonchev–Trinajstić information content (AvgIpc) is 2.97. The number of aryl methyl sites for hydroxylation is 1. The monoisotopic (exact) mass is 318 g/mol. The lowest BCUT2D eigenvalue weighted by Crippen LogP contribution is -2.38. The van der Waals surface area contributed by atoms with Gasteiger partial charge >= 0.3 is 12.0 Å². The first-order valence-electron chi connectivity index (χ1n) is 8.32. The van der Waals surface area contributed by atoms with Crippen molar-refractivity contribution in [3.8, 4) is 0 Å². The second kappa shape index (κ2) is 4.97. The molecule has 0 unspecified atom stereocenters. The normalized spacial score (nSPS) is 29.6. The van der Waals surface area contributed by atoms with Crippen LogP contribution in [0.1, 0.15) is 43.7 Å². The van der Waals surface area contributed by atoms with Gasteiger partial charge in [0, 0.05) is 32.3 Å². The minimum Gasteiger partial charge on any atom is -0.481 e. The van der Waals surface area contributed by atoms with Crippen LogP contribution in [-0.2, 0) is 11.8 Å². The van der Waals surface area contributed by atoms with Gasteiger partial charge in [0.1, 0.15) is 0 Å². The number of rotatable bonds is 3. The summed E-state index contributed by atoms with van der Waals surface area (Å²) in [6, 6.07) is -0.199. The highest BCUT2D eigenvalue weighted by Gasteiger charge is 2.55. The first-order valence-corrected chi connectivity index (χ1v) is 8.32. The molecule has 2 saturated carbocycles. The number of amides is 2. The van der Waals surface area contributed by atoms with Gasteiger partial charge in [-0.05, 0) is 31.6 Å². The number of nitrogens with one attached hydrogen (secondary N) is 1. The molecule has 2 aliphatic carbocycles. The van der Waals surface area contributed by atoms with Crippen LogP contribution < -0.4 is 5.32 Å². The number of fused-ring (bicyclic) bond motifs is 1. The van der Waals surface area contributed by atoms with Crippen LogP contribution >= 0.6 is 0 Å². The number of aromatic nitrogens is 2. The SMILES string of the molecule is Cn1cc(NC(=O)N2C[C@@H]3CCC[C@@]3(C(=O)O)C2)c(C2CC2)n1. The van der Waals surface area contributed by atoms with Gasteiger partial charge in [0.15, 0.2) is 0 Å². The molecule has 7 nitrogen and oxygen atoms in total. The van der Waals surface area contributed by atoms with Gasteiger partial charge in [-0.3, -0.25) is 9.48 Å². The van der Waals surface area contributed by atoms with Crippen molar-refractivity contribution in [1.82, 2.24) is 14.7 Å². The Kier molecular flexibility index (Phi) is 3.14. The van der Waals surface area contributed by atoms with Gasteiger partial charge in [-0.1, -0.05) is 6.42 Å². The number of carbonyl (C=O) groups is 2. The Labute approximate surface area is 134 Å². The van der Waals surface area contributed by atoms with Gasteiger partial charge in [0.2, 0.25) is 0 Å². The highest BCUT2D eigenvalue weighted by Crippen LogP contribution is 2.49. The minimum absolute atomic E-state index is 0.0857. The zero-order valence-corrected chi connectivity index (χ0v) is 13.3. The highest BCUT2D eigenvalue weighted by atomic mass is 16.4. The van der Waals surface area contributed by atoms with E-state index >= 15 is 0 Å². The molecule has 4 rings (SSSR count). The van der Waals surface area contributed by atoms with Crippen molar-refractivity contribution < 1.29 is 14.7 Å². The number of carbonyl (C=O) groups excluding carboxylic acids is 1. The number of carboxylic acid groups (broad SMARTS) is 1. The predicted octanol–water partition coefficient (Wildman–Crippen LogP) is 2.02. The summed E-state index contributed by atoms with van der Waals surface area (Å²) >= 11 is 0. The summed E-state index contributed by atoms with van der Waals surface area (Å²) in [4.78, 5) is 26.0. The summed E-state index contributed by atoms with van der Waals surface area (Å²) in [6.45, 7) is 0.856. The van der Waals surface area contributed by atoms with Crippen molar-refractivity contribution in [2.24, 2.45) is 18.4 Å².